The summed E-state index contributed by atoms with van der Waals surface area (Å²) in [5, 5.41) is 12.2. The summed E-state index contributed by atoms with van der Waals surface area (Å²) in [6, 6.07) is 5.04. The van der Waals surface area contributed by atoms with Crippen LogP contribution < -0.4 is 11.0 Å². The molecule has 2 heterocycles. The highest BCUT2D eigenvalue weighted by Crippen LogP contribution is 2.14. The number of rotatable bonds is 2. The third kappa shape index (κ3) is 1.75. The van der Waals surface area contributed by atoms with Crippen molar-refractivity contribution in [3.05, 3.63) is 40.6 Å². The second-order valence-corrected chi connectivity index (χ2v) is 3.65. The molecule has 0 fully saturated rings. The molecule has 4 N–H and O–H groups in total. The van der Waals surface area contributed by atoms with Gasteiger partial charge in [0.05, 0.1) is 17.2 Å². The number of carbonyl (C=O) groups excluding carboxylic acids is 1. The number of carbonyl (C=O) groups is 1. The summed E-state index contributed by atoms with van der Waals surface area (Å²) >= 11 is 0. The number of hydrogen-bond acceptors (Lipinski definition) is 4. The smallest absolute Gasteiger partial charge is 0.320 e. The zero-order valence-electron chi connectivity index (χ0n) is 9.02. The molecule has 0 spiro atoms. The van der Waals surface area contributed by atoms with E-state index in [0.29, 0.717) is 16.7 Å². The maximum atomic E-state index is 11.7. The predicted molar refractivity (Wildman–Crippen MR) is 63.3 cm³/mol. The normalized spacial score (nSPS) is 10.7. The number of fused-ring (bicyclic) bond motifs is 1. The molecule has 1 amide bonds. The van der Waals surface area contributed by atoms with Gasteiger partial charge in [0.25, 0.3) is 5.91 Å². The highest BCUT2D eigenvalue weighted by Gasteiger charge is 2.09. The average molecular weight is 244 g/mol. The summed E-state index contributed by atoms with van der Waals surface area (Å²) in [6.07, 6.45) is 1.33. The molecule has 0 atom stereocenters. The first-order valence-electron chi connectivity index (χ1n) is 5.11. The Bertz CT molecular complexity index is 754. The van der Waals surface area contributed by atoms with E-state index < -0.39 is 0 Å². The summed E-state index contributed by atoms with van der Waals surface area (Å²) in [5.74, 6) is -0.374. The van der Waals surface area contributed by atoms with Crippen LogP contribution in [0.1, 0.15) is 10.5 Å². The van der Waals surface area contributed by atoms with Gasteiger partial charge in [-0.2, -0.15) is 15.4 Å². The Morgan fingerprint density at radius 2 is 2.06 bits per heavy atom. The lowest BCUT2D eigenvalue weighted by Gasteiger charge is -2.02. The minimum absolute atomic E-state index is 0.192. The molecular formula is C10H8N6O2. The summed E-state index contributed by atoms with van der Waals surface area (Å²) in [5.41, 5.74) is 1.77. The van der Waals surface area contributed by atoms with Crippen molar-refractivity contribution in [3.8, 4) is 0 Å². The van der Waals surface area contributed by atoms with Crippen LogP contribution in [0.25, 0.3) is 11.0 Å². The molecule has 1 aromatic carbocycles. The van der Waals surface area contributed by atoms with Gasteiger partial charge >= 0.3 is 5.69 Å². The zero-order valence-corrected chi connectivity index (χ0v) is 9.02. The fourth-order valence-electron chi connectivity index (χ4n) is 1.62. The van der Waals surface area contributed by atoms with Crippen LogP contribution in [0.5, 0.6) is 0 Å². The molecular weight excluding hydrogens is 236 g/mol. The molecule has 0 saturated heterocycles. The van der Waals surface area contributed by atoms with Gasteiger partial charge in [0, 0.05) is 5.69 Å². The molecule has 3 aromatic rings. The van der Waals surface area contributed by atoms with Crippen molar-refractivity contribution < 1.29 is 4.79 Å². The van der Waals surface area contributed by atoms with E-state index in [1.54, 1.807) is 18.2 Å². The fraction of sp³-hybridized carbons (Fsp3) is 0. The number of aromatic amines is 3. The monoisotopic (exact) mass is 244 g/mol. The minimum Gasteiger partial charge on any atom is -0.320 e. The molecule has 0 aliphatic carbocycles. The minimum atomic E-state index is -0.374. The van der Waals surface area contributed by atoms with Gasteiger partial charge in [0.1, 0.15) is 0 Å². The van der Waals surface area contributed by atoms with Crippen LogP contribution in [-0.2, 0) is 0 Å². The molecule has 0 aliphatic heterocycles. The topological polar surface area (TPSA) is 119 Å². The van der Waals surface area contributed by atoms with Gasteiger partial charge in [-0.15, -0.1) is 0 Å². The highest BCUT2D eigenvalue weighted by molar-refractivity contribution is 6.03. The number of nitrogens with one attached hydrogen (secondary N) is 4. The number of imidazole rings is 1. The van der Waals surface area contributed by atoms with Crippen LogP contribution in [0.3, 0.4) is 0 Å². The lowest BCUT2D eigenvalue weighted by Crippen LogP contribution is -2.12. The number of anilines is 1. The summed E-state index contributed by atoms with van der Waals surface area (Å²) < 4.78 is 0. The van der Waals surface area contributed by atoms with Crippen molar-refractivity contribution >= 4 is 22.6 Å². The first-order chi connectivity index (χ1) is 8.72. The van der Waals surface area contributed by atoms with Crippen molar-refractivity contribution in [2.75, 3.05) is 5.32 Å². The first kappa shape index (κ1) is 10.3. The Balaban J connectivity index is 1.91. The lowest BCUT2D eigenvalue weighted by atomic mass is 10.2. The lowest BCUT2D eigenvalue weighted by molar-refractivity contribution is 0.102. The van der Waals surface area contributed by atoms with Crippen LogP contribution in [0, 0.1) is 0 Å². The van der Waals surface area contributed by atoms with Gasteiger partial charge < -0.3 is 15.3 Å². The van der Waals surface area contributed by atoms with Gasteiger partial charge in [0.15, 0.2) is 5.69 Å². The predicted octanol–water partition coefficient (Wildman–Crippen LogP) is 0.227. The zero-order chi connectivity index (χ0) is 12.5. The average Bonchev–Trinajstić information content (AvgIpc) is 2.95. The van der Waals surface area contributed by atoms with Crippen molar-refractivity contribution in [2.45, 2.75) is 0 Å². The first-order valence-corrected chi connectivity index (χ1v) is 5.11. The van der Waals surface area contributed by atoms with Gasteiger partial charge in [-0.05, 0) is 18.2 Å². The standard InChI is InChI=1S/C10H8N6O2/c17-9(8-4-11-16-15-8)12-5-1-2-6-7(3-5)14-10(18)13-6/h1-4H,(H,12,17)(H,11,15,16)(H2,13,14,18). The number of amides is 1. The Hall–Kier alpha value is -2.90. The van der Waals surface area contributed by atoms with Crippen molar-refractivity contribution in [1.82, 2.24) is 25.4 Å². The molecule has 8 heteroatoms. The van der Waals surface area contributed by atoms with Crippen LogP contribution in [-0.4, -0.2) is 31.3 Å². The molecule has 18 heavy (non-hydrogen) atoms. The Kier molecular flexibility index (Phi) is 2.19. The van der Waals surface area contributed by atoms with E-state index in [9.17, 15) is 9.59 Å². The van der Waals surface area contributed by atoms with Crippen LogP contribution >= 0.6 is 0 Å². The molecule has 2 aromatic heterocycles. The maximum absolute atomic E-state index is 11.7. The summed E-state index contributed by atoms with van der Waals surface area (Å²) in [7, 11) is 0. The van der Waals surface area contributed by atoms with E-state index in [1.807, 2.05) is 0 Å². The number of nitrogens with zero attached hydrogens (tertiary/aromatic N) is 2. The third-order valence-corrected chi connectivity index (χ3v) is 2.42. The number of hydrogen-bond donors (Lipinski definition) is 4. The third-order valence-electron chi connectivity index (χ3n) is 2.42. The van der Waals surface area contributed by atoms with Gasteiger partial charge in [0.2, 0.25) is 0 Å². The van der Waals surface area contributed by atoms with E-state index in [-0.39, 0.29) is 17.3 Å². The summed E-state index contributed by atoms with van der Waals surface area (Å²) in [4.78, 5) is 28.0. The van der Waals surface area contributed by atoms with E-state index in [0.717, 1.165) is 0 Å². The number of H-pyrrole nitrogens is 3. The molecule has 3 rings (SSSR count). The number of benzene rings is 1. The largest absolute Gasteiger partial charge is 0.323 e. The van der Waals surface area contributed by atoms with Crippen LogP contribution in [0.15, 0.2) is 29.2 Å². The molecule has 8 nitrogen and oxygen atoms in total. The van der Waals surface area contributed by atoms with Crippen molar-refractivity contribution in [3.63, 3.8) is 0 Å². The SMILES string of the molecule is O=C(Nc1ccc2[nH]c(=O)[nH]c2c1)c1cn[nH]n1. The Morgan fingerprint density at radius 1 is 1.22 bits per heavy atom. The molecule has 0 unspecified atom stereocenters. The second-order valence-electron chi connectivity index (χ2n) is 3.65. The number of aromatic nitrogens is 5. The fourth-order valence-corrected chi connectivity index (χ4v) is 1.62. The second kappa shape index (κ2) is 3.84. The van der Waals surface area contributed by atoms with Crippen LogP contribution in [0.2, 0.25) is 0 Å². The van der Waals surface area contributed by atoms with Gasteiger partial charge in [-0.25, -0.2) is 4.79 Å². The van der Waals surface area contributed by atoms with Crippen LogP contribution in [0.4, 0.5) is 5.69 Å². The van der Waals surface area contributed by atoms with Gasteiger partial charge in [-0.1, -0.05) is 0 Å². The van der Waals surface area contributed by atoms with E-state index >= 15 is 0 Å². The van der Waals surface area contributed by atoms with Crippen molar-refractivity contribution in [1.29, 1.82) is 0 Å². The highest BCUT2D eigenvalue weighted by atomic mass is 16.2. The Morgan fingerprint density at radius 3 is 2.83 bits per heavy atom. The molecule has 90 valence electrons. The summed E-state index contributed by atoms with van der Waals surface area (Å²) in [6.45, 7) is 0. The van der Waals surface area contributed by atoms with Crippen molar-refractivity contribution in [2.24, 2.45) is 0 Å². The molecule has 0 saturated carbocycles. The quantitative estimate of drug-likeness (QED) is 0.515. The van der Waals surface area contributed by atoms with Gasteiger partial charge in [-0.3, -0.25) is 4.79 Å². The maximum Gasteiger partial charge on any atom is 0.323 e. The Labute approximate surface area is 99.4 Å². The molecule has 0 radical (unpaired) electrons. The van der Waals surface area contributed by atoms with E-state index in [2.05, 4.69) is 30.7 Å². The molecule has 0 bridgehead atoms. The molecule has 0 aliphatic rings. The van der Waals surface area contributed by atoms with E-state index in [1.165, 1.54) is 6.20 Å². The van der Waals surface area contributed by atoms with E-state index in [4.69, 9.17) is 0 Å².